The van der Waals surface area contributed by atoms with Crippen LogP contribution in [0, 0.1) is 0 Å². The van der Waals surface area contributed by atoms with Crippen LogP contribution in [-0.2, 0) is 6.42 Å². The Morgan fingerprint density at radius 2 is 1.58 bits per heavy atom. The highest BCUT2D eigenvalue weighted by Gasteiger charge is 2.06. The van der Waals surface area contributed by atoms with E-state index >= 15 is 0 Å². The van der Waals surface area contributed by atoms with Crippen LogP contribution in [0.25, 0.3) is 0 Å². The average Bonchev–Trinajstić information content (AvgIpc) is 2.01. The van der Waals surface area contributed by atoms with Gasteiger partial charge in [-0.3, -0.25) is 0 Å². The summed E-state index contributed by atoms with van der Waals surface area (Å²) in [5, 5.41) is 27.2. The Labute approximate surface area is 70.9 Å². The molecular weight excluding hydrogens is 156 g/mol. The quantitative estimate of drug-likeness (QED) is 0.589. The van der Waals surface area contributed by atoms with E-state index in [1.165, 1.54) is 12.1 Å². The summed E-state index contributed by atoms with van der Waals surface area (Å²) in [4.78, 5) is 0. The molecule has 0 aromatic heterocycles. The number of benzene rings is 1. The fraction of sp³-hybridized carbons (Fsp3) is 0.333. The smallest absolute Gasteiger partial charge is 0.200 e. The van der Waals surface area contributed by atoms with E-state index in [2.05, 4.69) is 0 Å². The zero-order chi connectivity index (χ0) is 9.14. The predicted molar refractivity (Wildman–Crippen MR) is 45.4 cm³/mol. The Bertz CT molecular complexity index is 258. The van der Waals surface area contributed by atoms with Crippen LogP contribution in [0.3, 0.4) is 0 Å². The first kappa shape index (κ1) is 8.71. The maximum absolute atomic E-state index is 9.10. The molecule has 3 N–H and O–H groups in total. The van der Waals surface area contributed by atoms with E-state index in [1.807, 2.05) is 6.92 Å². The molecule has 0 saturated heterocycles. The highest BCUT2D eigenvalue weighted by molar-refractivity contribution is 5.51. The first-order chi connectivity index (χ1) is 5.65. The predicted octanol–water partition coefficient (Wildman–Crippen LogP) is 1.76. The molecule has 0 atom stereocenters. The molecule has 1 aromatic rings. The molecule has 3 nitrogen and oxygen atoms in total. The highest BCUT2D eigenvalue weighted by atomic mass is 16.3. The lowest BCUT2D eigenvalue weighted by atomic mass is 10.1. The summed E-state index contributed by atoms with van der Waals surface area (Å²) in [5.41, 5.74) is 0.824. The van der Waals surface area contributed by atoms with E-state index < -0.39 is 5.75 Å². The molecule has 0 aliphatic heterocycles. The summed E-state index contributed by atoms with van der Waals surface area (Å²) in [6, 6.07) is 2.91. The summed E-state index contributed by atoms with van der Waals surface area (Å²) in [5.74, 6) is -0.980. The molecule has 0 spiro atoms. The lowest BCUT2D eigenvalue weighted by molar-refractivity contribution is 0.367. The maximum atomic E-state index is 9.10. The van der Waals surface area contributed by atoms with Crippen LogP contribution < -0.4 is 0 Å². The van der Waals surface area contributed by atoms with Gasteiger partial charge >= 0.3 is 0 Å². The van der Waals surface area contributed by atoms with Gasteiger partial charge in [0.1, 0.15) is 0 Å². The van der Waals surface area contributed by atoms with Crippen molar-refractivity contribution in [2.24, 2.45) is 0 Å². The fourth-order valence-corrected chi connectivity index (χ4v) is 1.09. The molecule has 3 heteroatoms. The number of hydrogen-bond donors (Lipinski definition) is 3. The third kappa shape index (κ3) is 1.61. The van der Waals surface area contributed by atoms with Gasteiger partial charge in [0, 0.05) is 0 Å². The van der Waals surface area contributed by atoms with E-state index in [0.29, 0.717) is 0 Å². The van der Waals surface area contributed by atoms with Crippen molar-refractivity contribution in [3.8, 4) is 17.2 Å². The Hall–Kier alpha value is -1.38. The van der Waals surface area contributed by atoms with Crippen molar-refractivity contribution in [3.05, 3.63) is 17.7 Å². The summed E-state index contributed by atoms with van der Waals surface area (Å²) in [6.07, 6.45) is 1.71. The Morgan fingerprint density at radius 3 is 2.00 bits per heavy atom. The lowest BCUT2D eigenvalue weighted by Gasteiger charge is -2.03. The minimum atomic E-state index is -0.449. The normalized spacial score (nSPS) is 10.1. The van der Waals surface area contributed by atoms with Crippen molar-refractivity contribution in [2.45, 2.75) is 19.8 Å². The minimum absolute atomic E-state index is 0.265. The lowest BCUT2D eigenvalue weighted by Crippen LogP contribution is -1.82. The molecule has 1 rings (SSSR count). The number of phenols is 3. The van der Waals surface area contributed by atoms with Gasteiger partial charge in [0.25, 0.3) is 0 Å². The number of phenolic OH excluding ortho intramolecular Hbond substituents is 3. The van der Waals surface area contributed by atoms with E-state index in [-0.39, 0.29) is 11.5 Å². The molecule has 0 aliphatic carbocycles. The van der Waals surface area contributed by atoms with E-state index in [1.54, 1.807) is 0 Å². The van der Waals surface area contributed by atoms with Gasteiger partial charge in [-0.2, -0.15) is 0 Å². The summed E-state index contributed by atoms with van der Waals surface area (Å²) < 4.78 is 0. The Morgan fingerprint density at radius 1 is 1.08 bits per heavy atom. The van der Waals surface area contributed by atoms with Crippen molar-refractivity contribution >= 4 is 0 Å². The second kappa shape index (κ2) is 3.34. The zero-order valence-electron chi connectivity index (χ0n) is 6.91. The zero-order valence-corrected chi connectivity index (χ0v) is 6.91. The summed E-state index contributed by atoms with van der Waals surface area (Å²) in [6.45, 7) is 2.00. The highest BCUT2D eigenvalue weighted by Crippen LogP contribution is 2.35. The van der Waals surface area contributed by atoms with Gasteiger partial charge in [0.15, 0.2) is 17.2 Å². The molecule has 0 amide bonds. The van der Waals surface area contributed by atoms with Gasteiger partial charge in [-0.25, -0.2) is 0 Å². The first-order valence-corrected chi connectivity index (χ1v) is 3.89. The number of aryl methyl sites for hydroxylation is 1. The third-order valence-corrected chi connectivity index (χ3v) is 1.67. The molecule has 0 fully saturated rings. The average molecular weight is 168 g/mol. The van der Waals surface area contributed by atoms with Gasteiger partial charge < -0.3 is 15.3 Å². The molecule has 0 bridgehead atoms. The van der Waals surface area contributed by atoms with Crippen LogP contribution >= 0.6 is 0 Å². The van der Waals surface area contributed by atoms with Crippen LogP contribution in [0.1, 0.15) is 18.9 Å². The molecule has 0 saturated carbocycles. The standard InChI is InChI=1S/C9H12O3/c1-2-3-6-4-7(10)9(12)8(11)5-6/h4-5,10-12H,2-3H2,1H3. The molecule has 12 heavy (non-hydrogen) atoms. The van der Waals surface area contributed by atoms with Crippen molar-refractivity contribution in [1.82, 2.24) is 0 Å². The largest absolute Gasteiger partial charge is 0.504 e. The van der Waals surface area contributed by atoms with Crippen LogP contribution in [0.15, 0.2) is 12.1 Å². The van der Waals surface area contributed by atoms with E-state index in [4.69, 9.17) is 15.3 Å². The van der Waals surface area contributed by atoms with Gasteiger partial charge in [-0.05, 0) is 24.1 Å². The van der Waals surface area contributed by atoms with E-state index in [0.717, 1.165) is 18.4 Å². The summed E-state index contributed by atoms with van der Waals surface area (Å²) in [7, 11) is 0. The third-order valence-electron chi connectivity index (χ3n) is 1.67. The monoisotopic (exact) mass is 168 g/mol. The van der Waals surface area contributed by atoms with E-state index in [9.17, 15) is 0 Å². The number of hydrogen-bond acceptors (Lipinski definition) is 3. The van der Waals surface area contributed by atoms with Gasteiger partial charge in [0.2, 0.25) is 0 Å². The van der Waals surface area contributed by atoms with Crippen molar-refractivity contribution in [1.29, 1.82) is 0 Å². The molecule has 1 aromatic carbocycles. The summed E-state index contributed by atoms with van der Waals surface area (Å²) >= 11 is 0. The van der Waals surface area contributed by atoms with Crippen molar-refractivity contribution in [3.63, 3.8) is 0 Å². The second-order valence-electron chi connectivity index (χ2n) is 2.73. The first-order valence-electron chi connectivity index (χ1n) is 3.89. The molecule has 0 heterocycles. The minimum Gasteiger partial charge on any atom is -0.504 e. The molecule has 66 valence electrons. The van der Waals surface area contributed by atoms with Crippen LogP contribution in [0.2, 0.25) is 0 Å². The topological polar surface area (TPSA) is 60.7 Å². The SMILES string of the molecule is CCCc1cc(O)c(O)c(O)c1. The number of rotatable bonds is 2. The van der Waals surface area contributed by atoms with Crippen molar-refractivity contribution < 1.29 is 15.3 Å². The van der Waals surface area contributed by atoms with Crippen molar-refractivity contribution in [2.75, 3.05) is 0 Å². The van der Waals surface area contributed by atoms with Crippen LogP contribution in [-0.4, -0.2) is 15.3 Å². The number of aromatic hydroxyl groups is 3. The van der Waals surface area contributed by atoms with Crippen LogP contribution in [0.5, 0.6) is 17.2 Å². The van der Waals surface area contributed by atoms with Gasteiger partial charge in [0.05, 0.1) is 0 Å². The molecule has 0 radical (unpaired) electrons. The maximum Gasteiger partial charge on any atom is 0.200 e. The molecule has 0 aliphatic rings. The Balaban J connectivity index is 3.04. The van der Waals surface area contributed by atoms with Crippen LogP contribution in [0.4, 0.5) is 0 Å². The van der Waals surface area contributed by atoms with Gasteiger partial charge in [-0.15, -0.1) is 0 Å². The molecular formula is C9H12O3. The fourth-order valence-electron chi connectivity index (χ4n) is 1.09. The van der Waals surface area contributed by atoms with Gasteiger partial charge in [-0.1, -0.05) is 13.3 Å². The Kier molecular flexibility index (Phi) is 2.43. The molecule has 0 unspecified atom stereocenters. The second-order valence-corrected chi connectivity index (χ2v) is 2.73.